The quantitative estimate of drug-likeness (QED) is 0.224. The minimum atomic E-state index is -0.753. The van der Waals surface area contributed by atoms with Gasteiger partial charge in [-0.1, -0.05) is 0 Å². The van der Waals surface area contributed by atoms with Gasteiger partial charge in [-0.2, -0.15) is 0 Å². The molecule has 16 nitrogen and oxygen atoms in total. The molecule has 164 valence electrons. The zero-order valence-corrected chi connectivity index (χ0v) is 17.3. The van der Waals surface area contributed by atoms with Crippen molar-refractivity contribution in [3.8, 4) is 0 Å². The molecule has 0 fully saturated rings. The van der Waals surface area contributed by atoms with Crippen LogP contribution in [0.3, 0.4) is 0 Å². The molecule has 2 aromatic carbocycles. The van der Waals surface area contributed by atoms with E-state index in [1.807, 2.05) is 0 Å². The van der Waals surface area contributed by atoms with E-state index in [0.29, 0.717) is 0 Å². The van der Waals surface area contributed by atoms with Crippen LogP contribution in [0.2, 0.25) is 0 Å². The van der Waals surface area contributed by atoms with Gasteiger partial charge in [0.15, 0.2) is 0 Å². The molecule has 0 aliphatic rings. The fraction of sp³-hybridized carbons (Fsp3) is 0.133. The van der Waals surface area contributed by atoms with Crippen molar-refractivity contribution in [1.29, 1.82) is 0 Å². The van der Waals surface area contributed by atoms with Crippen molar-refractivity contribution in [2.75, 3.05) is 0 Å². The third-order valence-corrected chi connectivity index (χ3v) is 5.82. The van der Waals surface area contributed by atoms with Crippen LogP contribution in [-0.4, -0.2) is 54.9 Å². The van der Waals surface area contributed by atoms with E-state index in [4.69, 9.17) is 0 Å². The molecule has 0 aliphatic carbocycles. The Balaban J connectivity index is 1.75. The number of aromatic nitrogens is 4. The second-order valence-corrected chi connectivity index (χ2v) is 8.07. The zero-order chi connectivity index (χ0) is 23.4. The Hall–Kier alpha value is -4.37. The molecular weight excluding hydrogens is 499 g/mol. The van der Waals surface area contributed by atoms with E-state index >= 15 is 0 Å². The fourth-order valence-electron chi connectivity index (χ4n) is 2.58. The van der Waals surface area contributed by atoms with E-state index < -0.39 is 57.4 Å². The van der Waals surface area contributed by atoms with Gasteiger partial charge in [0.25, 0.3) is 0 Å². The summed E-state index contributed by atoms with van der Waals surface area (Å²) in [4.78, 5) is 42.1. The van der Waals surface area contributed by atoms with Gasteiger partial charge in [0.05, 0.1) is 0 Å². The molecule has 0 radical (unpaired) electrons. The molecule has 3 rings (SSSR count). The number of hydrogen-bond acceptors (Lipinski definition) is 11. The number of nitro groups is 4. The monoisotopic (exact) mass is 510 g/mol. The summed E-state index contributed by atoms with van der Waals surface area (Å²) >= 11 is -0.520. The summed E-state index contributed by atoms with van der Waals surface area (Å²) in [6, 6.07) is 6.49. The van der Waals surface area contributed by atoms with Crippen molar-refractivity contribution in [3.63, 3.8) is 0 Å². The number of hydrogen-bond donors (Lipinski definition) is 0. The first-order valence-electron chi connectivity index (χ1n) is 8.39. The predicted molar refractivity (Wildman–Crippen MR) is 106 cm³/mol. The molecule has 1 heterocycles. The molecule has 0 bridgehead atoms. The van der Waals surface area contributed by atoms with Gasteiger partial charge in [0, 0.05) is 0 Å². The van der Waals surface area contributed by atoms with Gasteiger partial charge in [-0.15, -0.1) is 0 Å². The number of rotatable bonds is 9. The van der Waals surface area contributed by atoms with E-state index in [1.54, 1.807) is 0 Å². The van der Waals surface area contributed by atoms with Crippen LogP contribution in [0.5, 0.6) is 0 Å². The van der Waals surface area contributed by atoms with Gasteiger partial charge >= 0.3 is 182 Å². The van der Waals surface area contributed by atoms with Gasteiger partial charge in [-0.25, -0.2) is 0 Å². The summed E-state index contributed by atoms with van der Waals surface area (Å²) in [5.74, 6) is 0. The van der Waals surface area contributed by atoms with Gasteiger partial charge < -0.3 is 0 Å². The maximum atomic E-state index is 11.2. The Bertz CT molecular complexity index is 1210. The summed E-state index contributed by atoms with van der Waals surface area (Å²) in [7, 11) is 0. The molecule has 0 amide bonds. The average Bonchev–Trinajstić information content (AvgIpc) is 3.18. The molecule has 1 aromatic heterocycles. The summed E-state index contributed by atoms with van der Waals surface area (Å²) in [6.45, 7) is -0.122. The topological polar surface area (TPSA) is 216 Å². The van der Waals surface area contributed by atoms with Crippen molar-refractivity contribution >= 4 is 42.4 Å². The van der Waals surface area contributed by atoms with Gasteiger partial charge in [0.1, 0.15) is 0 Å². The third kappa shape index (κ3) is 5.21. The van der Waals surface area contributed by atoms with Crippen LogP contribution in [-0.2, 0) is 11.9 Å². The van der Waals surface area contributed by atoms with Crippen LogP contribution in [0.4, 0.5) is 22.7 Å². The van der Waals surface area contributed by atoms with Gasteiger partial charge in [-0.05, 0) is 0 Å². The molecule has 0 N–H and O–H groups in total. The van der Waals surface area contributed by atoms with Crippen molar-refractivity contribution in [3.05, 3.63) is 88.0 Å². The average molecular weight is 509 g/mol. The van der Waals surface area contributed by atoms with Crippen LogP contribution in [0.25, 0.3) is 0 Å². The van der Waals surface area contributed by atoms with Crippen molar-refractivity contribution in [2.45, 2.75) is 11.9 Å². The summed E-state index contributed by atoms with van der Waals surface area (Å²) in [6.07, 6.45) is 0. The number of benzene rings is 2. The summed E-state index contributed by atoms with van der Waals surface area (Å²) in [5.41, 5.74) is -1.21. The van der Waals surface area contributed by atoms with Gasteiger partial charge in [0.2, 0.25) is 0 Å². The SMILES string of the molecule is O=[N+]([O-])c1cc(Cn2nnc([Se]Cc3ccc([N+](=O)[O-])cc3[N+](=O)[O-])n2)cc([N+](=O)[O-])c1. The Labute approximate surface area is 182 Å². The number of non-ortho nitro benzene ring substituents is 3. The van der Waals surface area contributed by atoms with Crippen LogP contribution >= 0.6 is 0 Å². The molecule has 0 aliphatic heterocycles. The predicted octanol–water partition coefficient (Wildman–Crippen LogP) is 0.884. The second kappa shape index (κ2) is 9.19. The van der Waals surface area contributed by atoms with Crippen molar-refractivity contribution in [2.24, 2.45) is 0 Å². The molecule has 17 heteroatoms. The standard InChI is InChI=1S/C15H10N8O8Se/c24-20(25)11-2-1-10(14(6-11)23(30)31)8-32-15-16-18-19(17-15)7-9-3-12(21(26)27)5-13(4-9)22(28)29/h1-6H,7-8H2. The number of nitro benzene ring substituents is 4. The first kappa shape index (κ1) is 22.3. The molecular formula is C15H10N8O8Se. The fourth-order valence-corrected chi connectivity index (χ4v) is 4.20. The van der Waals surface area contributed by atoms with Crippen molar-refractivity contribution in [1.82, 2.24) is 20.2 Å². The summed E-state index contributed by atoms with van der Waals surface area (Å²) < 4.78 is 0.255. The van der Waals surface area contributed by atoms with Crippen LogP contribution < -0.4 is 4.72 Å². The minimum absolute atomic E-state index is 0.122. The molecule has 0 spiro atoms. The van der Waals surface area contributed by atoms with E-state index in [-0.39, 0.29) is 27.7 Å². The first-order chi connectivity index (χ1) is 15.1. The normalized spacial score (nSPS) is 10.6. The van der Waals surface area contributed by atoms with E-state index in [0.717, 1.165) is 35.1 Å². The van der Waals surface area contributed by atoms with Crippen molar-refractivity contribution < 1.29 is 19.7 Å². The third-order valence-electron chi connectivity index (χ3n) is 3.98. The number of nitrogens with zero attached hydrogens (tertiary/aromatic N) is 8. The molecule has 0 unspecified atom stereocenters. The maximum absolute atomic E-state index is 11.2. The van der Waals surface area contributed by atoms with Gasteiger partial charge in [-0.3, -0.25) is 0 Å². The van der Waals surface area contributed by atoms with E-state index in [2.05, 4.69) is 15.4 Å². The van der Waals surface area contributed by atoms with E-state index in [9.17, 15) is 40.5 Å². The van der Waals surface area contributed by atoms with Crippen LogP contribution in [0.1, 0.15) is 11.1 Å². The van der Waals surface area contributed by atoms with E-state index in [1.165, 1.54) is 6.07 Å². The first-order valence-corrected chi connectivity index (χ1v) is 10.5. The summed E-state index contributed by atoms with van der Waals surface area (Å²) in [5, 5.41) is 55.9. The zero-order valence-electron chi connectivity index (χ0n) is 15.6. The van der Waals surface area contributed by atoms with Crippen LogP contribution in [0.15, 0.2) is 36.4 Å². The van der Waals surface area contributed by atoms with Crippen LogP contribution in [0, 0.1) is 40.5 Å². The second-order valence-electron chi connectivity index (χ2n) is 6.09. The molecule has 32 heavy (non-hydrogen) atoms. The Kier molecular flexibility index (Phi) is 6.41. The molecule has 0 saturated heterocycles. The Morgan fingerprint density at radius 2 is 1.44 bits per heavy atom. The Morgan fingerprint density at radius 3 is 2.00 bits per heavy atom. The molecule has 0 atom stereocenters. The molecule has 3 aromatic rings. The number of tetrazole rings is 1. The Morgan fingerprint density at radius 1 is 0.812 bits per heavy atom. The molecule has 0 saturated carbocycles.